The summed E-state index contributed by atoms with van der Waals surface area (Å²) in [5, 5.41) is 4.02. The first-order valence-corrected chi connectivity index (χ1v) is 6.71. The maximum absolute atomic E-state index is 5.85. The van der Waals surface area contributed by atoms with Crippen molar-refractivity contribution in [1.82, 2.24) is 15.1 Å². The number of hydrogen-bond acceptors (Lipinski definition) is 5. The van der Waals surface area contributed by atoms with E-state index in [1.165, 1.54) is 19.3 Å². The van der Waals surface area contributed by atoms with Crippen LogP contribution in [0.3, 0.4) is 0 Å². The summed E-state index contributed by atoms with van der Waals surface area (Å²) in [6, 6.07) is 5.82. The Bertz CT molecular complexity index is 528. The summed E-state index contributed by atoms with van der Waals surface area (Å²) >= 11 is 0. The molecule has 1 fully saturated rings. The molecule has 0 aliphatic heterocycles. The molecule has 0 atom stereocenters. The van der Waals surface area contributed by atoms with Gasteiger partial charge in [-0.25, -0.2) is 0 Å². The van der Waals surface area contributed by atoms with E-state index in [4.69, 9.17) is 10.3 Å². The van der Waals surface area contributed by atoms with Gasteiger partial charge in [0, 0.05) is 18.3 Å². The van der Waals surface area contributed by atoms with Gasteiger partial charge < -0.3 is 10.3 Å². The third kappa shape index (κ3) is 2.66. The average molecular weight is 258 g/mol. The minimum Gasteiger partial charge on any atom is -0.339 e. The predicted octanol–water partition coefficient (Wildman–Crippen LogP) is 1.73. The van der Waals surface area contributed by atoms with Crippen LogP contribution in [0.25, 0.3) is 0 Å². The molecule has 2 aromatic heterocycles. The molecule has 2 heterocycles. The molecule has 2 aromatic rings. The van der Waals surface area contributed by atoms with Gasteiger partial charge in [0.2, 0.25) is 5.89 Å². The number of aromatic nitrogens is 3. The van der Waals surface area contributed by atoms with Crippen molar-refractivity contribution in [2.24, 2.45) is 11.1 Å². The second kappa shape index (κ2) is 5.09. The highest BCUT2D eigenvalue weighted by Gasteiger charge is 2.37. The lowest BCUT2D eigenvalue weighted by atomic mass is 9.67. The quantitative estimate of drug-likeness (QED) is 0.883. The molecule has 0 unspecified atom stereocenters. The van der Waals surface area contributed by atoms with E-state index in [2.05, 4.69) is 15.1 Å². The fourth-order valence-corrected chi connectivity index (χ4v) is 2.55. The van der Waals surface area contributed by atoms with Gasteiger partial charge in [0.25, 0.3) is 0 Å². The van der Waals surface area contributed by atoms with Gasteiger partial charge in [-0.2, -0.15) is 4.98 Å². The molecule has 1 aliphatic rings. The summed E-state index contributed by atoms with van der Waals surface area (Å²) in [5.74, 6) is 1.40. The Balaban J connectivity index is 1.66. The molecule has 0 bridgehead atoms. The van der Waals surface area contributed by atoms with Gasteiger partial charge in [-0.05, 0) is 36.9 Å². The molecule has 1 aliphatic carbocycles. The second-order valence-electron chi connectivity index (χ2n) is 5.34. The van der Waals surface area contributed by atoms with Gasteiger partial charge in [-0.3, -0.25) is 4.98 Å². The van der Waals surface area contributed by atoms with E-state index < -0.39 is 0 Å². The largest absolute Gasteiger partial charge is 0.339 e. The molecular formula is C14H18N4O. The average Bonchev–Trinajstić information content (AvgIpc) is 2.82. The molecule has 0 radical (unpaired) electrons. The normalized spacial score (nSPS) is 17.1. The van der Waals surface area contributed by atoms with Crippen molar-refractivity contribution in [2.45, 2.75) is 32.1 Å². The fourth-order valence-electron chi connectivity index (χ4n) is 2.55. The van der Waals surface area contributed by atoms with Gasteiger partial charge in [-0.1, -0.05) is 17.6 Å². The summed E-state index contributed by atoms with van der Waals surface area (Å²) in [6.45, 7) is 0.699. The second-order valence-corrected chi connectivity index (χ2v) is 5.34. The van der Waals surface area contributed by atoms with Crippen molar-refractivity contribution in [3.05, 3.63) is 41.8 Å². The number of nitrogens with zero attached hydrogens (tertiary/aromatic N) is 3. The molecule has 0 aromatic carbocycles. The Kier molecular flexibility index (Phi) is 3.29. The lowest BCUT2D eigenvalue weighted by Crippen LogP contribution is -2.39. The Morgan fingerprint density at radius 3 is 2.84 bits per heavy atom. The van der Waals surface area contributed by atoms with Crippen molar-refractivity contribution in [2.75, 3.05) is 6.54 Å². The van der Waals surface area contributed by atoms with Gasteiger partial charge in [-0.15, -0.1) is 0 Å². The van der Waals surface area contributed by atoms with Crippen molar-refractivity contribution in [3.63, 3.8) is 0 Å². The first-order chi connectivity index (χ1) is 9.30. The molecule has 0 amide bonds. The predicted molar refractivity (Wildman–Crippen MR) is 70.4 cm³/mol. The first kappa shape index (κ1) is 12.3. The SMILES string of the molecule is NCC1(Cc2nc(Cc3ccccn3)no2)CCC1. The highest BCUT2D eigenvalue weighted by Crippen LogP contribution is 2.42. The molecule has 2 N–H and O–H groups in total. The molecule has 100 valence electrons. The molecule has 19 heavy (non-hydrogen) atoms. The van der Waals surface area contributed by atoms with Gasteiger partial charge in [0.1, 0.15) is 0 Å². The maximum atomic E-state index is 5.85. The molecule has 0 spiro atoms. The van der Waals surface area contributed by atoms with E-state index >= 15 is 0 Å². The van der Waals surface area contributed by atoms with Crippen LogP contribution in [0.15, 0.2) is 28.9 Å². The van der Waals surface area contributed by atoms with E-state index in [0.717, 1.165) is 12.1 Å². The van der Waals surface area contributed by atoms with Crippen LogP contribution < -0.4 is 5.73 Å². The van der Waals surface area contributed by atoms with Crippen LogP contribution in [0, 0.1) is 5.41 Å². The number of pyridine rings is 1. The van der Waals surface area contributed by atoms with Gasteiger partial charge in [0.15, 0.2) is 5.82 Å². The van der Waals surface area contributed by atoms with Gasteiger partial charge >= 0.3 is 0 Å². The van der Waals surface area contributed by atoms with Crippen LogP contribution in [-0.4, -0.2) is 21.7 Å². The number of nitrogens with two attached hydrogens (primary N) is 1. The monoisotopic (exact) mass is 258 g/mol. The summed E-state index contributed by atoms with van der Waals surface area (Å²) in [5.41, 5.74) is 7.00. The maximum Gasteiger partial charge on any atom is 0.227 e. The highest BCUT2D eigenvalue weighted by molar-refractivity contribution is 5.09. The Hall–Kier alpha value is -1.75. The van der Waals surface area contributed by atoms with Crippen molar-refractivity contribution < 1.29 is 4.52 Å². The molecule has 5 heteroatoms. The van der Waals surface area contributed by atoms with Crippen molar-refractivity contribution in [1.29, 1.82) is 0 Å². The molecular weight excluding hydrogens is 240 g/mol. The Labute approximate surface area is 112 Å². The third-order valence-electron chi connectivity index (χ3n) is 3.95. The standard InChI is InChI=1S/C14H18N4O/c15-10-14(5-3-6-14)9-13-17-12(18-19-13)8-11-4-1-2-7-16-11/h1-2,4,7H,3,5-6,8-10,15H2. The van der Waals surface area contributed by atoms with E-state index in [9.17, 15) is 0 Å². The zero-order valence-electron chi connectivity index (χ0n) is 10.9. The molecule has 1 saturated carbocycles. The van der Waals surface area contributed by atoms with Crippen molar-refractivity contribution in [3.8, 4) is 0 Å². The third-order valence-corrected chi connectivity index (χ3v) is 3.95. The van der Waals surface area contributed by atoms with Crippen LogP contribution in [0.5, 0.6) is 0 Å². The van der Waals surface area contributed by atoms with E-state index in [1.807, 2.05) is 18.2 Å². The van der Waals surface area contributed by atoms with Crippen LogP contribution >= 0.6 is 0 Å². The lowest BCUT2D eigenvalue weighted by Gasteiger charge is -2.39. The van der Waals surface area contributed by atoms with Crippen LogP contribution in [0.1, 0.15) is 36.7 Å². The minimum absolute atomic E-state index is 0.203. The summed E-state index contributed by atoms with van der Waals surface area (Å²) in [4.78, 5) is 8.71. The zero-order chi connectivity index (χ0) is 13.1. The Morgan fingerprint density at radius 2 is 2.21 bits per heavy atom. The smallest absolute Gasteiger partial charge is 0.227 e. The Morgan fingerprint density at radius 1 is 1.32 bits per heavy atom. The molecule has 3 rings (SSSR count). The minimum atomic E-state index is 0.203. The van der Waals surface area contributed by atoms with Crippen LogP contribution in [0.4, 0.5) is 0 Å². The summed E-state index contributed by atoms with van der Waals surface area (Å²) < 4.78 is 5.33. The summed E-state index contributed by atoms with van der Waals surface area (Å²) in [7, 11) is 0. The first-order valence-electron chi connectivity index (χ1n) is 6.71. The van der Waals surface area contributed by atoms with Gasteiger partial charge in [0.05, 0.1) is 6.42 Å². The fraction of sp³-hybridized carbons (Fsp3) is 0.500. The van der Waals surface area contributed by atoms with E-state index in [0.29, 0.717) is 24.7 Å². The topological polar surface area (TPSA) is 77.8 Å². The number of rotatable bonds is 5. The summed E-state index contributed by atoms with van der Waals surface area (Å²) in [6.07, 6.45) is 6.78. The highest BCUT2D eigenvalue weighted by atomic mass is 16.5. The van der Waals surface area contributed by atoms with E-state index in [1.54, 1.807) is 6.20 Å². The van der Waals surface area contributed by atoms with Crippen LogP contribution in [0.2, 0.25) is 0 Å². The molecule has 5 nitrogen and oxygen atoms in total. The lowest BCUT2D eigenvalue weighted by molar-refractivity contribution is 0.129. The van der Waals surface area contributed by atoms with E-state index in [-0.39, 0.29) is 5.41 Å². The molecule has 0 saturated heterocycles. The van der Waals surface area contributed by atoms with Crippen LogP contribution in [-0.2, 0) is 12.8 Å². The van der Waals surface area contributed by atoms with Crippen molar-refractivity contribution >= 4 is 0 Å². The number of hydrogen-bond donors (Lipinski definition) is 1. The zero-order valence-corrected chi connectivity index (χ0v) is 10.9.